The number of benzene rings is 4. The average molecular weight is 1240 g/mol. The summed E-state index contributed by atoms with van der Waals surface area (Å²) in [5, 5.41) is 22.7. The lowest BCUT2D eigenvalue weighted by molar-refractivity contribution is -0.384. The Hall–Kier alpha value is -8.18. The third-order valence-corrected chi connectivity index (χ3v) is 19.3. The SMILES string of the molecule is CC1(C)CCC(CN2CCN(c3ccc(C(=O)NS(=O)(=O)c4ccc(NCC5CCN(CCCCCCCNc6cccc7c6C(=O)N(C6CCC(=O)NC6=O)C7=O)CC5)c([N+](=O)[O-])c4)c(Oc4cnc5[nH]ccc5c4)c3)CC2)=C(c2ccc(Cl)cc2)C1. The third-order valence-electron chi connectivity index (χ3n) is 17.8. The lowest BCUT2D eigenvalue weighted by atomic mass is 9.72. The number of hydrogen-bond acceptors (Lipinski definition) is 16. The molecule has 462 valence electrons. The van der Waals surface area contributed by atoms with E-state index >= 15 is 0 Å². The number of rotatable bonds is 23. The van der Waals surface area contributed by atoms with Crippen molar-refractivity contribution in [1.82, 2.24) is 34.7 Å². The van der Waals surface area contributed by atoms with E-state index < -0.39 is 61.1 Å². The summed E-state index contributed by atoms with van der Waals surface area (Å²) in [5.41, 5.74) is 6.46. The molecule has 88 heavy (non-hydrogen) atoms. The van der Waals surface area contributed by atoms with Crippen LogP contribution in [-0.4, -0.2) is 139 Å². The Kier molecular flexibility index (Phi) is 18.6. The van der Waals surface area contributed by atoms with E-state index in [1.165, 1.54) is 35.0 Å². The number of allylic oxidation sites excluding steroid dienone is 1. The summed E-state index contributed by atoms with van der Waals surface area (Å²) >= 11 is 6.27. The molecule has 5 aliphatic rings. The number of carbonyl (C=O) groups is 5. The number of nitro benzene ring substituents is 1. The van der Waals surface area contributed by atoms with Crippen molar-refractivity contribution in [3.05, 3.63) is 146 Å². The second-order valence-corrected chi connectivity index (χ2v) is 26.6. The molecule has 1 unspecified atom stereocenters. The number of ether oxygens (including phenoxy) is 1. The number of piperazine rings is 1. The van der Waals surface area contributed by atoms with Gasteiger partial charge in [0.25, 0.3) is 33.4 Å². The van der Waals surface area contributed by atoms with Crippen LogP contribution in [0.5, 0.6) is 11.5 Å². The van der Waals surface area contributed by atoms with Crippen molar-refractivity contribution in [2.45, 2.75) is 102 Å². The number of carbonyl (C=O) groups excluding carboxylic acids is 5. The van der Waals surface area contributed by atoms with E-state index in [-0.39, 0.29) is 52.3 Å². The van der Waals surface area contributed by atoms with E-state index in [1.807, 2.05) is 18.2 Å². The molecule has 0 bridgehead atoms. The second kappa shape index (κ2) is 26.7. The first kappa shape index (κ1) is 61.5. The molecule has 1 atom stereocenters. The van der Waals surface area contributed by atoms with Gasteiger partial charge in [-0.3, -0.25) is 49.2 Å². The Morgan fingerprint density at radius 2 is 1.60 bits per heavy atom. The van der Waals surface area contributed by atoms with Crippen LogP contribution in [0.25, 0.3) is 16.6 Å². The second-order valence-electron chi connectivity index (χ2n) is 24.5. The molecule has 5 N–H and O–H groups in total. The van der Waals surface area contributed by atoms with Crippen molar-refractivity contribution in [2.75, 3.05) is 81.0 Å². The standard InChI is InChI=1S/C65H74ClN11O10S/c1-65(2)25-21-45(52(38-65)43-11-13-46(66)14-12-43)41-74-31-33-75(34-32-74)47-15-17-50(57(36-47)87-48-35-44-22-27-68-60(44)70-40-48)61(79)72-88(85,86)49-16-18-53(56(37-49)77(83)84)69-39-42-23-29-73(30-24-42)28-7-5-3-4-6-26-67-54-10-8-9-51-59(54)64(82)76(63(51)81)55-19-20-58(78)71-62(55)80/h8-18,22,27,35-37,40,42,55,67,69H,3-7,19-21,23-26,28-34,38-39,41H2,1-2H3,(H,68,70)(H,72,79)(H,71,78,80). The minimum atomic E-state index is -4.63. The first-order valence-corrected chi connectivity index (χ1v) is 32.3. The molecule has 0 radical (unpaired) electrons. The summed E-state index contributed by atoms with van der Waals surface area (Å²) in [6.07, 6.45) is 13.3. The Morgan fingerprint density at radius 3 is 2.38 bits per heavy atom. The monoisotopic (exact) mass is 1240 g/mol. The number of aromatic nitrogens is 2. The molecule has 4 aromatic carbocycles. The van der Waals surface area contributed by atoms with Gasteiger partial charge in [0.15, 0.2) is 0 Å². The van der Waals surface area contributed by atoms with Crippen LogP contribution in [0.1, 0.15) is 128 Å². The molecule has 6 aromatic rings. The van der Waals surface area contributed by atoms with Gasteiger partial charge in [-0.2, -0.15) is 0 Å². The van der Waals surface area contributed by atoms with Crippen molar-refractivity contribution in [3.8, 4) is 11.5 Å². The Morgan fingerprint density at radius 1 is 0.830 bits per heavy atom. The number of imide groups is 2. The number of sulfonamides is 1. The number of aromatic amines is 1. The van der Waals surface area contributed by atoms with Gasteiger partial charge in [0.1, 0.15) is 28.9 Å². The average Bonchev–Trinajstić information content (AvgIpc) is 1.70. The van der Waals surface area contributed by atoms with Gasteiger partial charge in [-0.15, -0.1) is 0 Å². The van der Waals surface area contributed by atoms with E-state index in [1.54, 1.807) is 48.7 Å². The number of piperidine rings is 2. The highest BCUT2D eigenvalue weighted by Gasteiger charge is 2.46. The summed E-state index contributed by atoms with van der Waals surface area (Å²) in [6, 6.07) is 24.5. The highest BCUT2D eigenvalue weighted by atomic mass is 35.5. The predicted octanol–water partition coefficient (Wildman–Crippen LogP) is 10.4. The van der Waals surface area contributed by atoms with Crippen LogP contribution >= 0.6 is 11.6 Å². The van der Waals surface area contributed by atoms with Crippen LogP contribution in [0.15, 0.2) is 114 Å². The van der Waals surface area contributed by atoms with Crippen molar-refractivity contribution in [1.29, 1.82) is 0 Å². The molecular weight excluding hydrogens is 1160 g/mol. The number of H-pyrrole nitrogens is 1. The number of nitrogens with one attached hydrogen (secondary N) is 5. The molecule has 1 aliphatic carbocycles. The highest BCUT2D eigenvalue weighted by Crippen LogP contribution is 2.44. The van der Waals surface area contributed by atoms with Gasteiger partial charge in [0.2, 0.25) is 11.8 Å². The molecule has 0 saturated carbocycles. The van der Waals surface area contributed by atoms with Gasteiger partial charge in [0, 0.05) is 92.3 Å². The fourth-order valence-corrected chi connectivity index (χ4v) is 13.9. The quantitative estimate of drug-likeness (QED) is 0.0173. The minimum Gasteiger partial charge on any atom is -0.455 e. The van der Waals surface area contributed by atoms with Crippen molar-refractivity contribution in [2.24, 2.45) is 11.3 Å². The Balaban J connectivity index is 0.648. The maximum absolute atomic E-state index is 14.2. The smallest absolute Gasteiger partial charge is 0.293 e. The number of pyridine rings is 1. The summed E-state index contributed by atoms with van der Waals surface area (Å²) in [4.78, 5) is 92.0. The largest absolute Gasteiger partial charge is 0.455 e. The molecule has 5 amide bonds. The number of hydrogen-bond donors (Lipinski definition) is 5. The van der Waals surface area contributed by atoms with E-state index in [4.69, 9.17) is 16.3 Å². The van der Waals surface area contributed by atoms with Gasteiger partial charge in [-0.05, 0) is 154 Å². The van der Waals surface area contributed by atoms with Crippen molar-refractivity contribution >= 4 is 90.5 Å². The summed E-state index contributed by atoms with van der Waals surface area (Å²) in [5.74, 6) is -2.41. The van der Waals surface area contributed by atoms with Gasteiger partial charge >= 0.3 is 0 Å². The fourth-order valence-electron chi connectivity index (χ4n) is 12.7. The molecule has 11 rings (SSSR count). The van der Waals surface area contributed by atoms with Gasteiger partial charge in [0.05, 0.1) is 32.7 Å². The highest BCUT2D eigenvalue weighted by molar-refractivity contribution is 7.90. The molecule has 4 aliphatic heterocycles. The van der Waals surface area contributed by atoms with E-state index in [9.17, 15) is 42.5 Å². The zero-order valence-corrected chi connectivity index (χ0v) is 51.2. The number of amides is 5. The lowest BCUT2D eigenvalue weighted by Gasteiger charge is -2.39. The van der Waals surface area contributed by atoms with Crippen LogP contribution in [0, 0.1) is 21.4 Å². The Bertz CT molecular complexity index is 3800. The van der Waals surface area contributed by atoms with Crippen LogP contribution in [0.4, 0.5) is 22.7 Å². The number of likely N-dealkylation sites (tertiary alicyclic amines) is 1. The maximum Gasteiger partial charge on any atom is 0.293 e. The van der Waals surface area contributed by atoms with Crippen LogP contribution in [0.3, 0.4) is 0 Å². The summed E-state index contributed by atoms with van der Waals surface area (Å²) in [6.45, 7) is 12.3. The topological polar surface area (TPSA) is 262 Å². The first-order chi connectivity index (χ1) is 42.4. The molecule has 6 heterocycles. The molecule has 21 nitrogen and oxygen atoms in total. The molecule has 23 heteroatoms. The molecule has 3 saturated heterocycles. The van der Waals surface area contributed by atoms with E-state index in [0.29, 0.717) is 43.3 Å². The molecular formula is C65H74ClN11O10S. The lowest BCUT2D eigenvalue weighted by Crippen LogP contribution is -2.54. The Labute approximate surface area is 516 Å². The predicted molar refractivity (Wildman–Crippen MR) is 337 cm³/mol. The normalized spacial score (nSPS) is 18.6. The molecule has 3 fully saturated rings. The maximum atomic E-state index is 14.2. The van der Waals surface area contributed by atoms with E-state index in [2.05, 4.69) is 71.3 Å². The van der Waals surface area contributed by atoms with Gasteiger partial charge < -0.3 is 30.2 Å². The minimum absolute atomic E-state index is 0.0555. The van der Waals surface area contributed by atoms with Crippen LogP contribution in [-0.2, 0) is 19.6 Å². The van der Waals surface area contributed by atoms with Crippen molar-refractivity contribution in [3.63, 3.8) is 0 Å². The zero-order valence-electron chi connectivity index (χ0n) is 49.6. The molecule has 2 aromatic heterocycles. The third kappa shape index (κ3) is 14.2. The number of unbranched alkanes of at least 4 members (excludes halogenated alkanes) is 4. The van der Waals surface area contributed by atoms with Gasteiger partial charge in [-0.25, -0.2) is 18.1 Å². The van der Waals surface area contributed by atoms with Crippen molar-refractivity contribution < 1.29 is 42.1 Å². The molecule has 0 spiro atoms. The fraction of sp³-hybridized carbons (Fsp3) is 0.415. The van der Waals surface area contributed by atoms with Gasteiger partial charge in [-0.1, -0.05) is 68.5 Å². The first-order valence-electron chi connectivity index (χ1n) is 30.5. The number of nitro groups is 1. The number of anilines is 3. The zero-order chi connectivity index (χ0) is 61.7. The van der Waals surface area contributed by atoms with E-state index in [0.717, 1.165) is 131 Å². The van der Waals surface area contributed by atoms with Crippen LogP contribution < -0.4 is 30.3 Å². The summed E-state index contributed by atoms with van der Waals surface area (Å²) in [7, 11) is -4.63. The number of halogens is 1. The number of fused-ring (bicyclic) bond motifs is 2. The number of nitrogens with zero attached hydrogens (tertiary/aromatic N) is 6. The summed E-state index contributed by atoms with van der Waals surface area (Å²) < 4.78 is 36.5. The van der Waals surface area contributed by atoms with Crippen LogP contribution in [0.2, 0.25) is 5.02 Å².